The van der Waals surface area contributed by atoms with E-state index in [0.29, 0.717) is 12.0 Å². The van der Waals surface area contributed by atoms with Crippen LogP contribution in [0, 0.1) is 0 Å². The summed E-state index contributed by atoms with van der Waals surface area (Å²) >= 11 is 3.33. The SMILES string of the molecule is CC(OC(=O)CCc1c[nH]c2ccccc12)C(=O)c1ccc(Br)cc1. The molecular formula is C20H18BrNO3. The van der Waals surface area contributed by atoms with Gasteiger partial charge in [-0.3, -0.25) is 9.59 Å². The van der Waals surface area contributed by atoms with Gasteiger partial charge in [0.15, 0.2) is 6.10 Å². The van der Waals surface area contributed by atoms with Crippen molar-refractivity contribution in [3.05, 3.63) is 70.3 Å². The number of aryl methyl sites for hydroxylation is 1. The zero-order chi connectivity index (χ0) is 17.8. The van der Waals surface area contributed by atoms with Crippen LogP contribution in [0.4, 0.5) is 0 Å². The molecule has 1 heterocycles. The molecule has 0 aliphatic rings. The van der Waals surface area contributed by atoms with E-state index < -0.39 is 6.10 Å². The number of ether oxygens (including phenoxy) is 1. The Hall–Kier alpha value is -2.40. The number of rotatable bonds is 6. The van der Waals surface area contributed by atoms with Gasteiger partial charge in [0.05, 0.1) is 0 Å². The lowest BCUT2D eigenvalue weighted by Gasteiger charge is -2.12. The Bertz CT molecular complexity index is 899. The Kier molecular flexibility index (Phi) is 5.34. The number of halogens is 1. The van der Waals surface area contributed by atoms with Crippen molar-refractivity contribution >= 4 is 38.6 Å². The smallest absolute Gasteiger partial charge is 0.306 e. The lowest BCUT2D eigenvalue weighted by molar-refractivity contribution is -0.146. The average Bonchev–Trinajstić information content (AvgIpc) is 3.03. The fourth-order valence-corrected chi connectivity index (χ4v) is 3.00. The number of benzene rings is 2. The zero-order valence-electron chi connectivity index (χ0n) is 13.8. The first kappa shape index (κ1) is 17.4. The first-order valence-electron chi connectivity index (χ1n) is 8.09. The second-order valence-corrected chi connectivity index (χ2v) is 6.78. The molecule has 0 saturated heterocycles. The molecule has 1 N–H and O–H groups in total. The number of carbonyl (C=O) groups excluding carboxylic acids is 2. The summed E-state index contributed by atoms with van der Waals surface area (Å²) in [6.07, 6.45) is 1.92. The second kappa shape index (κ2) is 7.66. The van der Waals surface area contributed by atoms with E-state index in [1.807, 2.05) is 30.5 Å². The van der Waals surface area contributed by atoms with Crippen molar-refractivity contribution in [2.45, 2.75) is 25.9 Å². The average molecular weight is 400 g/mol. The molecule has 0 radical (unpaired) electrons. The van der Waals surface area contributed by atoms with Gasteiger partial charge in [-0.2, -0.15) is 0 Å². The van der Waals surface area contributed by atoms with E-state index in [1.165, 1.54) is 0 Å². The number of hydrogen-bond donors (Lipinski definition) is 1. The normalized spacial score (nSPS) is 12.1. The van der Waals surface area contributed by atoms with Gasteiger partial charge in [0.1, 0.15) is 0 Å². The molecule has 0 amide bonds. The minimum Gasteiger partial charge on any atom is -0.454 e. The molecule has 128 valence electrons. The molecule has 0 spiro atoms. The van der Waals surface area contributed by atoms with Gasteiger partial charge >= 0.3 is 5.97 Å². The number of nitrogens with one attached hydrogen (secondary N) is 1. The highest BCUT2D eigenvalue weighted by atomic mass is 79.9. The number of hydrogen-bond acceptors (Lipinski definition) is 3. The van der Waals surface area contributed by atoms with Gasteiger partial charge in [-0.15, -0.1) is 0 Å². The number of fused-ring (bicyclic) bond motifs is 1. The van der Waals surface area contributed by atoms with Crippen LogP contribution in [0.15, 0.2) is 59.2 Å². The molecule has 5 heteroatoms. The number of para-hydroxylation sites is 1. The molecule has 1 aromatic heterocycles. The monoisotopic (exact) mass is 399 g/mol. The highest BCUT2D eigenvalue weighted by Crippen LogP contribution is 2.19. The van der Waals surface area contributed by atoms with Crippen LogP contribution in [0.5, 0.6) is 0 Å². The summed E-state index contributed by atoms with van der Waals surface area (Å²) in [4.78, 5) is 27.6. The zero-order valence-corrected chi connectivity index (χ0v) is 15.4. The molecule has 0 bridgehead atoms. The molecule has 0 fully saturated rings. The van der Waals surface area contributed by atoms with Crippen molar-refractivity contribution in [1.29, 1.82) is 0 Å². The topological polar surface area (TPSA) is 59.2 Å². The summed E-state index contributed by atoms with van der Waals surface area (Å²) in [5.74, 6) is -0.573. The van der Waals surface area contributed by atoms with Crippen molar-refractivity contribution < 1.29 is 14.3 Å². The lowest BCUT2D eigenvalue weighted by atomic mass is 10.1. The molecule has 3 rings (SSSR count). The summed E-state index contributed by atoms with van der Waals surface area (Å²) in [5.41, 5.74) is 2.64. The number of carbonyl (C=O) groups is 2. The Morgan fingerprint density at radius 1 is 1.12 bits per heavy atom. The van der Waals surface area contributed by atoms with E-state index in [0.717, 1.165) is 20.9 Å². The van der Waals surface area contributed by atoms with E-state index in [2.05, 4.69) is 20.9 Å². The van der Waals surface area contributed by atoms with Crippen LogP contribution in [0.25, 0.3) is 10.9 Å². The van der Waals surface area contributed by atoms with E-state index in [1.54, 1.807) is 31.2 Å². The van der Waals surface area contributed by atoms with Crippen molar-refractivity contribution in [3.63, 3.8) is 0 Å². The lowest BCUT2D eigenvalue weighted by Crippen LogP contribution is -2.24. The first-order chi connectivity index (χ1) is 12.0. The van der Waals surface area contributed by atoms with Gasteiger partial charge < -0.3 is 9.72 Å². The predicted octanol–water partition coefficient (Wildman–Crippen LogP) is 4.68. The summed E-state index contributed by atoms with van der Waals surface area (Å²) in [7, 11) is 0. The third-order valence-corrected chi connectivity index (χ3v) is 4.61. The van der Waals surface area contributed by atoms with Gasteiger partial charge in [-0.05, 0) is 37.1 Å². The van der Waals surface area contributed by atoms with Gasteiger partial charge in [0.25, 0.3) is 0 Å². The van der Waals surface area contributed by atoms with Gasteiger partial charge in [-0.1, -0.05) is 46.3 Å². The number of aromatic amines is 1. The van der Waals surface area contributed by atoms with Crippen LogP contribution >= 0.6 is 15.9 Å². The van der Waals surface area contributed by atoms with Crippen LogP contribution in [-0.4, -0.2) is 22.8 Å². The van der Waals surface area contributed by atoms with Crippen molar-refractivity contribution in [2.24, 2.45) is 0 Å². The standard InChI is InChI=1S/C20H18BrNO3/c1-13(20(24)14-6-9-16(21)10-7-14)25-19(23)11-8-15-12-22-18-5-3-2-4-17(15)18/h2-7,9-10,12-13,22H,8,11H2,1H3. The quantitative estimate of drug-likeness (QED) is 0.483. The van der Waals surface area contributed by atoms with Crippen molar-refractivity contribution in [1.82, 2.24) is 4.98 Å². The van der Waals surface area contributed by atoms with E-state index >= 15 is 0 Å². The molecule has 0 aliphatic heterocycles. The van der Waals surface area contributed by atoms with Crippen LogP contribution in [-0.2, 0) is 16.0 Å². The highest BCUT2D eigenvalue weighted by Gasteiger charge is 2.19. The van der Waals surface area contributed by atoms with Gasteiger partial charge in [0.2, 0.25) is 5.78 Å². The summed E-state index contributed by atoms with van der Waals surface area (Å²) in [6.45, 7) is 1.61. The second-order valence-electron chi connectivity index (χ2n) is 5.86. The number of aromatic nitrogens is 1. The summed E-state index contributed by atoms with van der Waals surface area (Å²) in [5, 5.41) is 1.11. The van der Waals surface area contributed by atoms with Crippen molar-refractivity contribution in [2.75, 3.05) is 0 Å². The third-order valence-electron chi connectivity index (χ3n) is 4.08. The maximum absolute atomic E-state index is 12.3. The maximum Gasteiger partial charge on any atom is 0.306 e. The van der Waals surface area contributed by atoms with E-state index in [9.17, 15) is 9.59 Å². The summed E-state index contributed by atoms with van der Waals surface area (Å²) in [6, 6.07) is 15.0. The fourth-order valence-electron chi connectivity index (χ4n) is 2.73. The predicted molar refractivity (Wildman–Crippen MR) is 101 cm³/mol. The third kappa shape index (κ3) is 4.17. The highest BCUT2D eigenvalue weighted by molar-refractivity contribution is 9.10. The summed E-state index contributed by atoms with van der Waals surface area (Å²) < 4.78 is 6.19. The molecule has 0 aliphatic carbocycles. The minimum atomic E-state index is -0.795. The number of Topliss-reactive ketones (excluding diaryl/α,β-unsaturated/α-hetero) is 1. The van der Waals surface area contributed by atoms with E-state index in [4.69, 9.17) is 4.74 Å². The Morgan fingerprint density at radius 2 is 1.84 bits per heavy atom. The molecule has 2 aromatic carbocycles. The van der Waals surface area contributed by atoms with Crippen LogP contribution in [0.1, 0.15) is 29.3 Å². The van der Waals surface area contributed by atoms with Crippen LogP contribution in [0.3, 0.4) is 0 Å². The van der Waals surface area contributed by atoms with E-state index in [-0.39, 0.29) is 18.2 Å². The molecule has 25 heavy (non-hydrogen) atoms. The van der Waals surface area contributed by atoms with Gasteiger partial charge in [0, 0.05) is 33.6 Å². The molecule has 1 unspecified atom stereocenters. The van der Waals surface area contributed by atoms with Crippen LogP contribution < -0.4 is 0 Å². The van der Waals surface area contributed by atoms with Crippen molar-refractivity contribution in [3.8, 4) is 0 Å². The van der Waals surface area contributed by atoms with Crippen LogP contribution in [0.2, 0.25) is 0 Å². The maximum atomic E-state index is 12.3. The minimum absolute atomic E-state index is 0.201. The fraction of sp³-hybridized carbons (Fsp3) is 0.200. The Labute approximate surface area is 154 Å². The molecule has 4 nitrogen and oxygen atoms in total. The Balaban J connectivity index is 1.56. The first-order valence-corrected chi connectivity index (χ1v) is 8.88. The van der Waals surface area contributed by atoms with Gasteiger partial charge in [-0.25, -0.2) is 0 Å². The molecule has 3 aromatic rings. The molecular weight excluding hydrogens is 382 g/mol. The number of H-pyrrole nitrogens is 1. The largest absolute Gasteiger partial charge is 0.454 e. The molecule has 1 atom stereocenters. The Morgan fingerprint density at radius 3 is 2.60 bits per heavy atom. The number of esters is 1. The molecule has 0 saturated carbocycles. The number of ketones is 1.